The largest absolute Gasteiger partial charge is 0.459 e. The monoisotopic (exact) mass is 370 g/mol. The molecule has 0 spiro atoms. The predicted octanol–water partition coefficient (Wildman–Crippen LogP) is 3.90. The number of carbonyl (C=O) groups excluding carboxylic acids is 1. The zero-order chi connectivity index (χ0) is 18.6. The Morgan fingerprint density at radius 3 is 2.38 bits per heavy atom. The lowest BCUT2D eigenvalue weighted by Gasteiger charge is -2.12. The van der Waals surface area contributed by atoms with Crippen LogP contribution in [-0.2, 0) is 16.4 Å². The van der Waals surface area contributed by atoms with Gasteiger partial charge in [-0.1, -0.05) is 25.1 Å². The molecular formula is C19H18N2O4S. The van der Waals surface area contributed by atoms with Gasteiger partial charge in [0.25, 0.3) is 15.9 Å². The fourth-order valence-corrected chi connectivity index (χ4v) is 3.55. The Morgan fingerprint density at radius 2 is 1.73 bits per heavy atom. The normalized spacial score (nSPS) is 11.1. The Kier molecular flexibility index (Phi) is 5.09. The standard InChI is InChI=1S/C19H18N2O4S/c1-2-14-6-3-4-7-17(14)21-26(23,24)16-11-9-15(10-12-16)20-19(22)18-8-5-13-25-18/h3-13,21H,2H2,1H3,(H,20,22). The van der Waals surface area contributed by atoms with Crippen molar-refractivity contribution in [2.45, 2.75) is 18.2 Å². The van der Waals surface area contributed by atoms with Gasteiger partial charge in [-0.05, 0) is 54.4 Å². The van der Waals surface area contributed by atoms with Gasteiger partial charge in [0.05, 0.1) is 16.8 Å². The number of rotatable bonds is 6. The van der Waals surface area contributed by atoms with Crippen LogP contribution in [0.4, 0.5) is 11.4 Å². The highest BCUT2D eigenvalue weighted by molar-refractivity contribution is 7.92. The zero-order valence-corrected chi connectivity index (χ0v) is 14.9. The van der Waals surface area contributed by atoms with E-state index in [1.807, 2.05) is 19.1 Å². The van der Waals surface area contributed by atoms with Crippen LogP contribution in [0.2, 0.25) is 0 Å². The van der Waals surface area contributed by atoms with Gasteiger partial charge in [0.1, 0.15) is 0 Å². The minimum Gasteiger partial charge on any atom is -0.459 e. The minimum atomic E-state index is -3.72. The number of furan rings is 1. The van der Waals surface area contributed by atoms with E-state index in [1.54, 1.807) is 24.3 Å². The Balaban J connectivity index is 1.75. The van der Waals surface area contributed by atoms with Crippen LogP contribution < -0.4 is 10.0 Å². The summed E-state index contributed by atoms with van der Waals surface area (Å²) in [6.45, 7) is 1.96. The topological polar surface area (TPSA) is 88.4 Å². The van der Waals surface area contributed by atoms with Gasteiger partial charge in [-0.15, -0.1) is 0 Å². The lowest BCUT2D eigenvalue weighted by atomic mass is 10.1. The van der Waals surface area contributed by atoms with Crippen molar-refractivity contribution in [3.63, 3.8) is 0 Å². The first kappa shape index (κ1) is 17.8. The average Bonchev–Trinajstić information content (AvgIpc) is 3.17. The summed E-state index contributed by atoms with van der Waals surface area (Å²) in [7, 11) is -3.72. The van der Waals surface area contributed by atoms with Crippen molar-refractivity contribution < 1.29 is 17.6 Å². The van der Waals surface area contributed by atoms with E-state index in [0.717, 1.165) is 12.0 Å². The van der Waals surface area contributed by atoms with Gasteiger partial charge in [0.2, 0.25) is 0 Å². The van der Waals surface area contributed by atoms with Crippen LogP contribution >= 0.6 is 0 Å². The SMILES string of the molecule is CCc1ccccc1NS(=O)(=O)c1ccc(NC(=O)c2ccco2)cc1. The van der Waals surface area contributed by atoms with E-state index >= 15 is 0 Å². The first-order chi connectivity index (χ1) is 12.5. The number of carbonyl (C=O) groups is 1. The molecule has 7 heteroatoms. The molecule has 0 unspecified atom stereocenters. The first-order valence-electron chi connectivity index (χ1n) is 8.05. The Hall–Kier alpha value is -3.06. The van der Waals surface area contributed by atoms with Gasteiger partial charge in [-0.2, -0.15) is 0 Å². The number of hydrogen-bond donors (Lipinski definition) is 2. The Morgan fingerprint density at radius 1 is 1.00 bits per heavy atom. The molecule has 0 atom stereocenters. The third-order valence-corrected chi connectivity index (χ3v) is 5.19. The maximum absolute atomic E-state index is 12.6. The van der Waals surface area contributed by atoms with Crippen molar-refractivity contribution in [2.75, 3.05) is 10.0 Å². The van der Waals surface area contributed by atoms with Crippen molar-refractivity contribution in [3.05, 3.63) is 78.3 Å². The number of aryl methyl sites for hydroxylation is 1. The summed E-state index contributed by atoms with van der Waals surface area (Å²) in [5.74, 6) is -0.222. The fourth-order valence-electron chi connectivity index (χ4n) is 2.45. The predicted molar refractivity (Wildman–Crippen MR) is 99.7 cm³/mol. The molecule has 1 heterocycles. The highest BCUT2D eigenvalue weighted by Gasteiger charge is 2.16. The van der Waals surface area contributed by atoms with E-state index in [1.165, 1.54) is 30.5 Å². The molecule has 0 bridgehead atoms. The van der Waals surface area contributed by atoms with Crippen LogP contribution in [0, 0.1) is 0 Å². The molecule has 2 aromatic carbocycles. The van der Waals surface area contributed by atoms with Gasteiger partial charge in [-0.3, -0.25) is 9.52 Å². The van der Waals surface area contributed by atoms with Crippen LogP contribution in [0.3, 0.4) is 0 Å². The van der Waals surface area contributed by atoms with Crippen molar-refractivity contribution in [1.82, 2.24) is 0 Å². The second kappa shape index (κ2) is 7.45. The van der Waals surface area contributed by atoms with Gasteiger partial charge in [0, 0.05) is 5.69 Å². The van der Waals surface area contributed by atoms with Gasteiger partial charge in [-0.25, -0.2) is 8.42 Å². The summed E-state index contributed by atoms with van der Waals surface area (Å²) in [6.07, 6.45) is 2.13. The van der Waals surface area contributed by atoms with Gasteiger partial charge >= 0.3 is 0 Å². The Bertz CT molecular complexity index is 994. The number of hydrogen-bond acceptors (Lipinski definition) is 4. The molecule has 1 amide bonds. The molecule has 0 radical (unpaired) electrons. The summed E-state index contributed by atoms with van der Waals surface area (Å²) in [5.41, 5.74) is 1.95. The van der Waals surface area contributed by atoms with E-state index in [9.17, 15) is 13.2 Å². The van der Waals surface area contributed by atoms with Gasteiger partial charge < -0.3 is 9.73 Å². The highest BCUT2D eigenvalue weighted by Crippen LogP contribution is 2.21. The summed E-state index contributed by atoms with van der Waals surface area (Å²) in [5, 5.41) is 2.64. The van der Waals surface area contributed by atoms with E-state index in [4.69, 9.17) is 4.42 Å². The molecule has 26 heavy (non-hydrogen) atoms. The van der Waals surface area contributed by atoms with E-state index in [2.05, 4.69) is 10.0 Å². The van der Waals surface area contributed by atoms with E-state index < -0.39 is 15.9 Å². The molecule has 1 aromatic heterocycles. The molecule has 2 N–H and O–H groups in total. The van der Waals surface area contributed by atoms with Crippen LogP contribution in [0.15, 0.2) is 76.2 Å². The zero-order valence-electron chi connectivity index (χ0n) is 14.1. The Labute approximate surface area is 151 Å². The number of nitrogens with one attached hydrogen (secondary N) is 2. The van der Waals surface area contributed by atoms with Crippen molar-refractivity contribution >= 4 is 27.3 Å². The summed E-state index contributed by atoms with van der Waals surface area (Å²) < 4.78 is 32.8. The number of amides is 1. The molecule has 0 saturated heterocycles. The summed E-state index contributed by atoms with van der Waals surface area (Å²) in [4.78, 5) is 12.0. The molecule has 0 aliphatic carbocycles. The van der Waals surface area contributed by atoms with Crippen LogP contribution in [-0.4, -0.2) is 14.3 Å². The molecule has 134 valence electrons. The minimum absolute atomic E-state index is 0.111. The van der Waals surface area contributed by atoms with Crippen molar-refractivity contribution in [3.8, 4) is 0 Å². The quantitative estimate of drug-likeness (QED) is 0.689. The number of benzene rings is 2. The lowest BCUT2D eigenvalue weighted by molar-refractivity contribution is 0.0996. The molecule has 3 aromatic rings. The third-order valence-electron chi connectivity index (χ3n) is 3.81. The molecule has 0 saturated carbocycles. The fraction of sp³-hybridized carbons (Fsp3) is 0.105. The smallest absolute Gasteiger partial charge is 0.291 e. The molecular weight excluding hydrogens is 352 g/mol. The lowest BCUT2D eigenvalue weighted by Crippen LogP contribution is -2.15. The van der Waals surface area contributed by atoms with Crippen LogP contribution in [0.1, 0.15) is 23.0 Å². The summed E-state index contributed by atoms with van der Waals surface area (Å²) in [6, 6.07) is 16.4. The molecule has 0 fully saturated rings. The maximum Gasteiger partial charge on any atom is 0.291 e. The first-order valence-corrected chi connectivity index (χ1v) is 9.53. The number of anilines is 2. The molecule has 3 rings (SSSR count). The van der Waals surface area contributed by atoms with Crippen molar-refractivity contribution in [1.29, 1.82) is 0 Å². The molecule has 0 aliphatic heterocycles. The highest BCUT2D eigenvalue weighted by atomic mass is 32.2. The molecule has 6 nitrogen and oxygen atoms in total. The number of para-hydroxylation sites is 1. The maximum atomic E-state index is 12.6. The van der Waals surface area contributed by atoms with Crippen LogP contribution in [0.5, 0.6) is 0 Å². The third kappa shape index (κ3) is 3.94. The second-order valence-electron chi connectivity index (χ2n) is 5.57. The summed E-state index contributed by atoms with van der Waals surface area (Å²) >= 11 is 0. The number of sulfonamides is 1. The average molecular weight is 370 g/mol. The van der Waals surface area contributed by atoms with E-state index in [-0.39, 0.29) is 10.7 Å². The van der Waals surface area contributed by atoms with Crippen molar-refractivity contribution in [2.24, 2.45) is 0 Å². The van der Waals surface area contributed by atoms with Crippen LogP contribution in [0.25, 0.3) is 0 Å². The van der Waals surface area contributed by atoms with E-state index in [0.29, 0.717) is 11.4 Å². The second-order valence-corrected chi connectivity index (χ2v) is 7.25. The van der Waals surface area contributed by atoms with Gasteiger partial charge in [0.15, 0.2) is 5.76 Å². The molecule has 0 aliphatic rings.